The lowest BCUT2D eigenvalue weighted by Crippen LogP contribution is -2.55. The van der Waals surface area contributed by atoms with E-state index in [1.807, 2.05) is 30.3 Å². The normalized spacial score (nSPS) is 21.1. The van der Waals surface area contributed by atoms with Crippen LogP contribution in [0.15, 0.2) is 34.9 Å². The molecular weight excluding hydrogens is 518 g/mol. The second-order valence-electron chi connectivity index (χ2n) is 10.3. The van der Waals surface area contributed by atoms with E-state index < -0.39 is 30.1 Å². The zero-order valence-electron chi connectivity index (χ0n) is 23.5. The van der Waals surface area contributed by atoms with Crippen LogP contribution in [0.1, 0.15) is 73.3 Å². The van der Waals surface area contributed by atoms with E-state index in [4.69, 9.17) is 9.84 Å². The fourth-order valence-corrected chi connectivity index (χ4v) is 5.68. The van der Waals surface area contributed by atoms with Crippen molar-refractivity contribution >= 4 is 23.8 Å². The lowest BCUT2D eigenvalue weighted by molar-refractivity contribution is -0.151. The molecule has 218 valence electrons. The van der Waals surface area contributed by atoms with Gasteiger partial charge < -0.3 is 24.4 Å². The summed E-state index contributed by atoms with van der Waals surface area (Å²) < 4.78 is 9.83. The van der Waals surface area contributed by atoms with Crippen molar-refractivity contribution in [3.05, 3.63) is 52.9 Å². The number of carbonyl (C=O) groups is 4. The van der Waals surface area contributed by atoms with Gasteiger partial charge in [0.25, 0.3) is 0 Å². The molecule has 2 unspecified atom stereocenters. The average Bonchev–Trinajstić information content (AvgIpc) is 3.61. The topological polar surface area (TPSA) is 159 Å². The first-order valence-corrected chi connectivity index (χ1v) is 13.7. The van der Waals surface area contributed by atoms with Gasteiger partial charge in [0.2, 0.25) is 5.91 Å². The van der Waals surface area contributed by atoms with E-state index >= 15 is 0 Å². The van der Waals surface area contributed by atoms with Crippen molar-refractivity contribution in [3.8, 4) is 0 Å². The number of benzene rings is 1. The fourth-order valence-electron chi connectivity index (χ4n) is 5.68. The maximum Gasteiger partial charge on any atom is 0.341 e. The predicted molar refractivity (Wildman–Crippen MR) is 145 cm³/mol. The second kappa shape index (κ2) is 14.1. The Labute approximate surface area is 233 Å². The second-order valence-corrected chi connectivity index (χ2v) is 10.3. The van der Waals surface area contributed by atoms with Crippen LogP contribution < -0.4 is 5.32 Å². The van der Waals surface area contributed by atoms with Crippen LogP contribution in [0.4, 0.5) is 0 Å². The molecule has 1 aliphatic heterocycles. The van der Waals surface area contributed by atoms with Gasteiger partial charge in [-0.2, -0.15) is 0 Å². The van der Waals surface area contributed by atoms with Gasteiger partial charge in [0, 0.05) is 6.04 Å². The fraction of sp³-hybridized carbons (Fsp3) is 0.552. The number of nitrogens with zero attached hydrogens (tertiary/aromatic N) is 2. The van der Waals surface area contributed by atoms with Crippen molar-refractivity contribution in [1.82, 2.24) is 15.4 Å². The number of rotatable bonds is 10. The molecule has 0 radical (unpaired) electrons. The summed E-state index contributed by atoms with van der Waals surface area (Å²) in [6.07, 6.45) is 4.54. The third kappa shape index (κ3) is 7.47. The number of amides is 1. The molecule has 0 bridgehead atoms. The number of ether oxygens (including phenoxy) is 1. The van der Waals surface area contributed by atoms with Gasteiger partial charge in [0.15, 0.2) is 0 Å². The summed E-state index contributed by atoms with van der Waals surface area (Å²) in [5, 5.41) is 24.8. The van der Waals surface area contributed by atoms with Crippen LogP contribution >= 0.6 is 0 Å². The van der Waals surface area contributed by atoms with Crippen LogP contribution in [0.2, 0.25) is 0 Å². The van der Waals surface area contributed by atoms with Crippen molar-refractivity contribution in [2.45, 2.75) is 90.4 Å². The Morgan fingerprint density at radius 3 is 2.40 bits per heavy atom. The van der Waals surface area contributed by atoms with Gasteiger partial charge in [0.05, 0.1) is 18.3 Å². The number of aromatic carboxylic acids is 1. The molecule has 4 rings (SSSR count). The third-order valence-electron chi connectivity index (χ3n) is 7.58. The molecule has 1 saturated heterocycles. The maximum absolute atomic E-state index is 13.2. The summed E-state index contributed by atoms with van der Waals surface area (Å²) in [4.78, 5) is 49.5. The average molecular weight is 558 g/mol. The molecule has 2 fully saturated rings. The van der Waals surface area contributed by atoms with Gasteiger partial charge in [0.1, 0.15) is 23.4 Å². The lowest BCUT2D eigenvalue weighted by atomic mass is 10.0. The standard InChI is InChI=1S/C23H32N2O5.C6H7NO3/c1-3-30-23(29)18(13-12-16-8-5-4-6-9-16)24-15(2)21(26)25-19-11-7-10-17(19)14-20(25)22(27)28;1-3-5(6(8)9)4(2)10-7-3/h4-6,8-9,15,17-20,24H,3,7,10-14H2,1-2H3,(H,27,28);1-2H3,(H,8,9)/t15?,17-,18?,19-,20-;/m0./s1. The number of carboxylic acid groups (broad SMARTS) is 2. The number of nitrogens with one attached hydrogen (secondary N) is 1. The molecule has 1 aromatic carbocycles. The smallest absolute Gasteiger partial charge is 0.341 e. The number of aromatic nitrogens is 1. The van der Waals surface area contributed by atoms with E-state index in [-0.39, 0.29) is 36.0 Å². The lowest BCUT2D eigenvalue weighted by Gasteiger charge is -2.31. The molecule has 2 aromatic rings. The molecule has 40 heavy (non-hydrogen) atoms. The number of aryl methyl sites for hydroxylation is 3. The zero-order valence-corrected chi connectivity index (χ0v) is 23.5. The zero-order chi connectivity index (χ0) is 29.4. The Kier molecular flexibility index (Phi) is 10.8. The van der Waals surface area contributed by atoms with Crippen molar-refractivity contribution < 1.29 is 38.7 Å². The van der Waals surface area contributed by atoms with E-state index in [0.29, 0.717) is 30.7 Å². The molecule has 2 aliphatic rings. The largest absolute Gasteiger partial charge is 0.480 e. The minimum absolute atomic E-state index is 0.00629. The number of carbonyl (C=O) groups excluding carboxylic acids is 2. The first-order chi connectivity index (χ1) is 19.0. The molecule has 11 nitrogen and oxygen atoms in total. The van der Waals surface area contributed by atoms with Crippen LogP contribution in [0.5, 0.6) is 0 Å². The highest BCUT2D eigenvalue weighted by Gasteiger charge is 2.49. The van der Waals surface area contributed by atoms with Crippen LogP contribution in [-0.2, 0) is 25.5 Å². The number of carboxylic acids is 2. The molecule has 11 heteroatoms. The Morgan fingerprint density at radius 1 is 1.15 bits per heavy atom. The van der Waals surface area contributed by atoms with Gasteiger partial charge in [-0.25, -0.2) is 9.59 Å². The van der Waals surface area contributed by atoms with Gasteiger partial charge in [-0.3, -0.25) is 14.9 Å². The number of fused-ring (bicyclic) bond motifs is 1. The van der Waals surface area contributed by atoms with E-state index in [9.17, 15) is 24.3 Å². The SMILES string of the molecule is CCOC(=O)C(CCc1ccccc1)NC(C)C(=O)N1[C@H](C(=O)O)C[C@@H]2CCC[C@@H]21.Cc1noc(C)c1C(=O)O. The van der Waals surface area contributed by atoms with Crippen molar-refractivity contribution in [3.63, 3.8) is 0 Å². The quantitative estimate of drug-likeness (QED) is 0.370. The van der Waals surface area contributed by atoms with Crippen LogP contribution in [0, 0.1) is 19.8 Å². The van der Waals surface area contributed by atoms with Crippen LogP contribution in [0.3, 0.4) is 0 Å². The summed E-state index contributed by atoms with van der Waals surface area (Å²) in [6, 6.07) is 7.76. The molecule has 0 spiro atoms. The summed E-state index contributed by atoms with van der Waals surface area (Å²) >= 11 is 0. The molecule has 1 amide bonds. The highest BCUT2D eigenvalue weighted by atomic mass is 16.5. The first-order valence-electron chi connectivity index (χ1n) is 13.7. The summed E-state index contributed by atoms with van der Waals surface area (Å²) in [5.74, 6) is -1.95. The minimum atomic E-state index is -0.990. The number of hydrogen-bond donors (Lipinski definition) is 3. The van der Waals surface area contributed by atoms with Gasteiger partial charge in [-0.1, -0.05) is 41.9 Å². The minimum Gasteiger partial charge on any atom is -0.480 e. The third-order valence-corrected chi connectivity index (χ3v) is 7.58. The van der Waals surface area contributed by atoms with Crippen LogP contribution in [0.25, 0.3) is 0 Å². The summed E-state index contributed by atoms with van der Waals surface area (Å²) in [6.45, 7) is 6.89. The Hall–Kier alpha value is -3.73. The Morgan fingerprint density at radius 2 is 1.85 bits per heavy atom. The predicted octanol–water partition coefficient (Wildman–Crippen LogP) is 3.37. The molecule has 5 atom stereocenters. The number of hydrogen-bond acceptors (Lipinski definition) is 8. The maximum atomic E-state index is 13.2. The number of aliphatic carboxylic acids is 1. The first kappa shape index (κ1) is 30.8. The van der Waals surface area contributed by atoms with Crippen molar-refractivity contribution in [2.24, 2.45) is 5.92 Å². The van der Waals surface area contributed by atoms with Gasteiger partial charge in [-0.15, -0.1) is 0 Å². The molecule has 1 saturated carbocycles. The summed E-state index contributed by atoms with van der Waals surface area (Å²) in [7, 11) is 0. The van der Waals surface area contributed by atoms with Gasteiger partial charge >= 0.3 is 17.9 Å². The van der Waals surface area contributed by atoms with Crippen LogP contribution in [-0.4, -0.2) is 74.9 Å². The van der Waals surface area contributed by atoms with E-state index in [0.717, 1.165) is 24.8 Å². The molecule has 2 heterocycles. The van der Waals surface area contributed by atoms with E-state index in [2.05, 4.69) is 15.0 Å². The number of likely N-dealkylation sites (tertiary alicyclic amines) is 1. The Bertz CT molecular complexity index is 1160. The highest BCUT2D eigenvalue weighted by Crippen LogP contribution is 2.41. The Balaban J connectivity index is 0.000000371. The van der Waals surface area contributed by atoms with Gasteiger partial charge in [-0.05, 0) is 71.3 Å². The molecular formula is C29H39N3O8. The highest BCUT2D eigenvalue weighted by molar-refractivity contribution is 5.90. The summed E-state index contributed by atoms with van der Waals surface area (Å²) in [5.41, 5.74) is 1.69. The van der Waals surface area contributed by atoms with Crippen molar-refractivity contribution in [1.29, 1.82) is 0 Å². The number of esters is 1. The molecule has 1 aliphatic carbocycles. The molecule has 1 aromatic heterocycles. The molecule has 3 N–H and O–H groups in total. The monoisotopic (exact) mass is 557 g/mol. The van der Waals surface area contributed by atoms with Crippen molar-refractivity contribution in [2.75, 3.05) is 6.61 Å². The van der Waals surface area contributed by atoms with E-state index in [1.165, 1.54) is 0 Å². The van der Waals surface area contributed by atoms with E-state index in [1.54, 1.807) is 32.6 Å².